The van der Waals surface area contributed by atoms with Crippen LogP contribution in [0.25, 0.3) is 11.3 Å². The fourth-order valence-corrected chi connectivity index (χ4v) is 4.37. The highest BCUT2D eigenvalue weighted by Gasteiger charge is 2.35. The van der Waals surface area contributed by atoms with Crippen molar-refractivity contribution in [3.63, 3.8) is 0 Å². The van der Waals surface area contributed by atoms with Crippen LogP contribution in [0.5, 0.6) is 0 Å². The van der Waals surface area contributed by atoms with E-state index in [0.717, 1.165) is 50.2 Å². The molecule has 4 rings (SSSR count). The SMILES string of the molecule is OC[C@]1(Cc2ccccc2)CCCN(Cc2ccccc2-c2ccco2)C1. The molecule has 1 aliphatic rings. The molecular weight excluding hydrogens is 334 g/mol. The molecule has 1 aromatic heterocycles. The molecule has 1 aliphatic heterocycles. The minimum Gasteiger partial charge on any atom is -0.464 e. The fraction of sp³-hybridized carbons (Fsp3) is 0.333. The van der Waals surface area contributed by atoms with Crippen molar-refractivity contribution in [2.45, 2.75) is 25.8 Å². The molecule has 2 heterocycles. The van der Waals surface area contributed by atoms with Gasteiger partial charge in [0.15, 0.2) is 0 Å². The maximum absolute atomic E-state index is 10.2. The van der Waals surface area contributed by atoms with Gasteiger partial charge in [-0.3, -0.25) is 4.90 Å². The number of hydrogen-bond acceptors (Lipinski definition) is 3. The highest BCUT2D eigenvalue weighted by atomic mass is 16.3. The number of nitrogens with zero attached hydrogens (tertiary/aromatic N) is 1. The average molecular weight is 361 g/mol. The standard InChI is InChI=1S/C24H27NO2/c26-19-24(16-20-8-2-1-3-9-20)13-7-14-25(18-24)17-21-10-4-5-11-22(21)23-12-6-15-27-23/h1-6,8-12,15,26H,7,13-14,16-19H2/t24-/m0/s1. The van der Waals surface area contributed by atoms with E-state index in [1.165, 1.54) is 11.1 Å². The number of hydrogen-bond donors (Lipinski definition) is 1. The molecule has 1 N–H and O–H groups in total. The Morgan fingerprint density at radius 2 is 1.78 bits per heavy atom. The maximum atomic E-state index is 10.2. The van der Waals surface area contributed by atoms with Crippen LogP contribution in [0.3, 0.4) is 0 Å². The van der Waals surface area contributed by atoms with E-state index in [4.69, 9.17) is 4.42 Å². The Morgan fingerprint density at radius 1 is 0.963 bits per heavy atom. The van der Waals surface area contributed by atoms with Crippen LogP contribution in [0, 0.1) is 5.41 Å². The molecule has 1 saturated heterocycles. The summed E-state index contributed by atoms with van der Waals surface area (Å²) < 4.78 is 5.63. The monoisotopic (exact) mass is 361 g/mol. The molecule has 3 heteroatoms. The molecule has 2 aromatic carbocycles. The van der Waals surface area contributed by atoms with Gasteiger partial charge in [-0.2, -0.15) is 0 Å². The quantitative estimate of drug-likeness (QED) is 0.687. The van der Waals surface area contributed by atoms with Crippen molar-refractivity contribution < 1.29 is 9.52 Å². The lowest BCUT2D eigenvalue weighted by Crippen LogP contribution is -2.46. The van der Waals surface area contributed by atoms with Crippen LogP contribution >= 0.6 is 0 Å². The zero-order chi connectivity index (χ0) is 18.5. The summed E-state index contributed by atoms with van der Waals surface area (Å²) in [5.41, 5.74) is 3.69. The maximum Gasteiger partial charge on any atom is 0.134 e. The first-order valence-electron chi connectivity index (χ1n) is 9.77. The van der Waals surface area contributed by atoms with Gasteiger partial charge in [0.1, 0.15) is 5.76 Å². The highest BCUT2D eigenvalue weighted by molar-refractivity contribution is 5.61. The molecule has 0 saturated carbocycles. The minimum absolute atomic E-state index is 0.0563. The Hall–Kier alpha value is -2.36. The molecule has 0 radical (unpaired) electrons. The van der Waals surface area contributed by atoms with Gasteiger partial charge in [0.05, 0.1) is 12.9 Å². The summed E-state index contributed by atoms with van der Waals surface area (Å²) in [5.74, 6) is 0.917. The number of aliphatic hydroxyl groups is 1. The third kappa shape index (κ3) is 4.15. The summed E-state index contributed by atoms with van der Waals surface area (Å²) in [5, 5.41) is 10.2. The number of benzene rings is 2. The first-order valence-corrected chi connectivity index (χ1v) is 9.77. The van der Waals surface area contributed by atoms with Crippen LogP contribution in [0.1, 0.15) is 24.0 Å². The second-order valence-corrected chi connectivity index (χ2v) is 7.77. The summed E-state index contributed by atoms with van der Waals surface area (Å²) in [7, 11) is 0. The molecule has 0 bridgehead atoms. The number of rotatable bonds is 6. The second kappa shape index (κ2) is 8.12. The van der Waals surface area contributed by atoms with Crippen LogP contribution in [0.4, 0.5) is 0 Å². The van der Waals surface area contributed by atoms with Crippen LogP contribution in [0.2, 0.25) is 0 Å². The van der Waals surface area contributed by atoms with E-state index in [-0.39, 0.29) is 12.0 Å². The van der Waals surface area contributed by atoms with E-state index < -0.39 is 0 Å². The Bertz CT molecular complexity index is 844. The lowest BCUT2D eigenvalue weighted by molar-refractivity contribution is 0.0289. The zero-order valence-electron chi connectivity index (χ0n) is 15.7. The lowest BCUT2D eigenvalue weighted by atomic mass is 9.75. The van der Waals surface area contributed by atoms with Gasteiger partial charge in [-0.1, -0.05) is 54.6 Å². The number of likely N-dealkylation sites (tertiary alicyclic amines) is 1. The molecule has 0 aliphatic carbocycles. The van der Waals surface area contributed by atoms with Crippen molar-refractivity contribution in [2.75, 3.05) is 19.7 Å². The Labute approximate surface area is 161 Å². The summed E-state index contributed by atoms with van der Waals surface area (Å²) in [6.45, 7) is 3.11. The number of furan rings is 1. The van der Waals surface area contributed by atoms with E-state index in [2.05, 4.69) is 53.4 Å². The topological polar surface area (TPSA) is 36.6 Å². The highest BCUT2D eigenvalue weighted by Crippen LogP contribution is 2.35. The van der Waals surface area contributed by atoms with E-state index in [9.17, 15) is 5.11 Å². The smallest absolute Gasteiger partial charge is 0.134 e. The van der Waals surface area contributed by atoms with Gasteiger partial charge >= 0.3 is 0 Å². The van der Waals surface area contributed by atoms with Crippen molar-refractivity contribution in [1.29, 1.82) is 0 Å². The van der Waals surface area contributed by atoms with Gasteiger partial charge in [-0.25, -0.2) is 0 Å². The first-order chi connectivity index (χ1) is 13.3. The molecule has 0 amide bonds. The Kier molecular flexibility index (Phi) is 5.42. The average Bonchev–Trinajstić information content (AvgIpc) is 3.24. The van der Waals surface area contributed by atoms with Gasteiger partial charge in [0.2, 0.25) is 0 Å². The summed E-state index contributed by atoms with van der Waals surface area (Å²) >= 11 is 0. The summed E-state index contributed by atoms with van der Waals surface area (Å²) in [6, 6.07) is 23.0. The summed E-state index contributed by atoms with van der Waals surface area (Å²) in [6.07, 6.45) is 4.86. The predicted octanol–water partition coefficient (Wildman–Crippen LogP) is 4.76. The number of piperidine rings is 1. The molecule has 3 aromatic rings. The molecule has 3 nitrogen and oxygen atoms in total. The van der Waals surface area contributed by atoms with Crippen molar-refractivity contribution in [3.05, 3.63) is 84.1 Å². The molecule has 140 valence electrons. The molecule has 1 atom stereocenters. The van der Waals surface area contributed by atoms with E-state index in [1.807, 2.05) is 18.2 Å². The largest absolute Gasteiger partial charge is 0.464 e. The molecule has 0 spiro atoms. The third-order valence-electron chi connectivity index (χ3n) is 5.70. The Balaban J connectivity index is 1.52. The molecule has 0 unspecified atom stereocenters. The first kappa shape index (κ1) is 18.0. The van der Waals surface area contributed by atoms with Gasteiger partial charge in [0, 0.05) is 24.1 Å². The van der Waals surface area contributed by atoms with E-state index >= 15 is 0 Å². The third-order valence-corrected chi connectivity index (χ3v) is 5.70. The fourth-order valence-electron chi connectivity index (χ4n) is 4.37. The van der Waals surface area contributed by atoms with Crippen molar-refractivity contribution >= 4 is 0 Å². The van der Waals surface area contributed by atoms with E-state index in [0.29, 0.717) is 0 Å². The molecule has 1 fully saturated rings. The minimum atomic E-state index is -0.0563. The molecular formula is C24H27NO2. The van der Waals surface area contributed by atoms with Gasteiger partial charge in [-0.15, -0.1) is 0 Å². The van der Waals surface area contributed by atoms with Crippen LogP contribution < -0.4 is 0 Å². The summed E-state index contributed by atoms with van der Waals surface area (Å²) in [4.78, 5) is 2.49. The van der Waals surface area contributed by atoms with Gasteiger partial charge in [0.25, 0.3) is 0 Å². The Morgan fingerprint density at radius 3 is 2.56 bits per heavy atom. The van der Waals surface area contributed by atoms with Gasteiger partial charge < -0.3 is 9.52 Å². The number of aliphatic hydroxyl groups excluding tert-OH is 1. The van der Waals surface area contributed by atoms with Gasteiger partial charge in [-0.05, 0) is 49.1 Å². The van der Waals surface area contributed by atoms with Crippen molar-refractivity contribution in [2.24, 2.45) is 5.41 Å². The van der Waals surface area contributed by atoms with Crippen LogP contribution in [-0.2, 0) is 13.0 Å². The van der Waals surface area contributed by atoms with Crippen LogP contribution in [0.15, 0.2) is 77.4 Å². The molecule has 27 heavy (non-hydrogen) atoms. The normalized spacial score (nSPS) is 20.6. The lowest BCUT2D eigenvalue weighted by Gasteiger charge is -2.42. The predicted molar refractivity (Wildman–Crippen MR) is 108 cm³/mol. The van der Waals surface area contributed by atoms with E-state index in [1.54, 1.807) is 6.26 Å². The van der Waals surface area contributed by atoms with Crippen molar-refractivity contribution in [3.8, 4) is 11.3 Å². The van der Waals surface area contributed by atoms with Crippen molar-refractivity contribution in [1.82, 2.24) is 4.90 Å². The second-order valence-electron chi connectivity index (χ2n) is 7.77. The van der Waals surface area contributed by atoms with Crippen LogP contribution in [-0.4, -0.2) is 29.7 Å². The zero-order valence-corrected chi connectivity index (χ0v) is 15.7.